The number of nitrogens with one attached hydrogen (secondary N) is 1. The van der Waals surface area contributed by atoms with Crippen LogP contribution < -0.4 is 11.1 Å². The molecule has 0 spiro atoms. The van der Waals surface area contributed by atoms with Crippen molar-refractivity contribution in [1.29, 1.82) is 0 Å². The third kappa shape index (κ3) is 3.57. The van der Waals surface area contributed by atoms with E-state index >= 15 is 0 Å². The second-order valence-corrected chi connectivity index (χ2v) is 5.16. The number of alkyl halides is 1. The van der Waals surface area contributed by atoms with Crippen LogP contribution in [-0.2, 0) is 0 Å². The van der Waals surface area contributed by atoms with Crippen molar-refractivity contribution in [2.75, 3.05) is 11.1 Å². The lowest BCUT2D eigenvalue weighted by molar-refractivity contribution is 0.732. The van der Waals surface area contributed by atoms with Crippen molar-refractivity contribution in [2.24, 2.45) is 0 Å². The summed E-state index contributed by atoms with van der Waals surface area (Å²) < 4.78 is 0. The molecule has 1 aromatic carbocycles. The summed E-state index contributed by atoms with van der Waals surface area (Å²) in [5.74, 6) is 1.10. The Labute approximate surface area is 123 Å². The zero-order valence-corrected chi connectivity index (χ0v) is 12.3. The van der Waals surface area contributed by atoms with Crippen LogP contribution in [0.15, 0.2) is 30.3 Å². The van der Waals surface area contributed by atoms with E-state index in [-0.39, 0.29) is 17.4 Å². The first-order chi connectivity index (χ1) is 9.60. The molecule has 5 nitrogen and oxygen atoms in total. The number of hydrogen-bond acceptors (Lipinski definition) is 5. The second kappa shape index (κ2) is 6.52. The number of nitrogens with zero attached hydrogens (tertiary/aromatic N) is 3. The van der Waals surface area contributed by atoms with Crippen LogP contribution in [0, 0.1) is 0 Å². The standard InChI is InChI=1S/C14H18ClN5/c1-3-11(10-7-5-4-6-8-10)17-14-19-12(9(2)15)18-13(16)20-14/h4-9,11H,3H2,1-2H3,(H3,16,17,18,19,20). The Hall–Kier alpha value is -1.88. The van der Waals surface area contributed by atoms with Crippen molar-refractivity contribution in [3.8, 4) is 0 Å². The SMILES string of the molecule is CCC(Nc1nc(N)nc(C(C)Cl)n1)c1ccccc1. The van der Waals surface area contributed by atoms with Crippen LogP contribution in [0.25, 0.3) is 0 Å². The molecule has 0 fully saturated rings. The molecule has 0 radical (unpaired) electrons. The van der Waals surface area contributed by atoms with Crippen molar-refractivity contribution in [1.82, 2.24) is 15.0 Å². The summed E-state index contributed by atoms with van der Waals surface area (Å²) in [6.07, 6.45) is 0.904. The molecule has 0 amide bonds. The minimum atomic E-state index is -0.308. The van der Waals surface area contributed by atoms with Crippen molar-refractivity contribution in [2.45, 2.75) is 31.7 Å². The van der Waals surface area contributed by atoms with Gasteiger partial charge in [0.05, 0.1) is 11.4 Å². The predicted molar refractivity (Wildman–Crippen MR) is 81.6 cm³/mol. The first-order valence-corrected chi connectivity index (χ1v) is 7.00. The molecule has 20 heavy (non-hydrogen) atoms. The molecule has 3 N–H and O–H groups in total. The monoisotopic (exact) mass is 291 g/mol. The fourth-order valence-electron chi connectivity index (χ4n) is 1.91. The number of rotatable bonds is 5. The number of anilines is 2. The van der Waals surface area contributed by atoms with Gasteiger partial charge in [0, 0.05) is 0 Å². The van der Waals surface area contributed by atoms with Crippen LogP contribution in [0.2, 0.25) is 0 Å². The fourth-order valence-corrected chi connectivity index (χ4v) is 2.01. The van der Waals surface area contributed by atoms with Gasteiger partial charge in [-0.15, -0.1) is 11.6 Å². The van der Waals surface area contributed by atoms with Crippen molar-refractivity contribution >= 4 is 23.5 Å². The van der Waals surface area contributed by atoms with Crippen LogP contribution >= 0.6 is 11.6 Å². The number of aromatic nitrogens is 3. The molecule has 2 aromatic rings. The van der Waals surface area contributed by atoms with E-state index in [2.05, 4.69) is 39.3 Å². The maximum atomic E-state index is 6.00. The molecule has 2 rings (SSSR count). The van der Waals surface area contributed by atoms with Crippen LogP contribution in [0.4, 0.5) is 11.9 Å². The summed E-state index contributed by atoms with van der Waals surface area (Å²) in [5, 5.41) is 2.97. The lowest BCUT2D eigenvalue weighted by atomic mass is 10.1. The Bertz CT molecular complexity index is 559. The number of hydrogen-bond donors (Lipinski definition) is 2. The maximum Gasteiger partial charge on any atom is 0.228 e. The van der Waals surface area contributed by atoms with Gasteiger partial charge in [0.2, 0.25) is 11.9 Å². The Morgan fingerprint density at radius 1 is 1.20 bits per heavy atom. The molecule has 1 aromatic heterocycles. The van der Waals surface area contributed by atoms with Gasteiger partial charge in [0.1, 0.15) is 0 Å². The molecule has 6 heteroatoms. The normalized spacial score (nSPS) is 13.8. The highest BCUT2D eigenvalue weighted by Gasteiger charge is 2.13. The lowest BCUT2D eigenvalue weighted by Crippen LogP contribution is -2.14. The molecule has 1 heterocycles. The van der Waals surface area contributed by atoms with Gasteiger partial charge < -0.3 is 11.1 Å². The Balaban J connectivity index is 2.24. The van der Waals surface area contributed by atoms with Gasteiger partial charge in [-0.1, -0.05) is 37.3 Å². The average Bonchev–Trinajstić information content (AvgIpc) is 2.45. The predicted octanol–water partition coefficient (Wildman–Crippen LogP) is 3.32. The van der Waals surface area contributed by atoms with E-state index in [0.29, 0.717) is 11.8 Å². The largest absolute Gasteiger partial charge is 0.368 e. The maximum absolute atomic E-state index is 6.00. The van der Waals surface area contributed by atoms with E-state index in [4.69, 9.17) is 17.3 Å². The molecule has 2 atom stereocenters. The summed E-state index contributed by atoms with van der Waals surface area (Å²) in [6, 6.07) is 10.3. The molecular weight excluding hydrogens is 274 g/mol. The molecule has 106 valence electrons. The average molecular weight is 292 g/mol. The molecule has 0 saturated carbocycles. The number of benzene rings is 1. The number of halogens is 1. The molecule has 0 bridgehead atoms. The smallest absolute Gasteiger partial charge is 0.228 e. The highest BCUT2D eigenvalue weighted by molar-refractivity contribution is 6.20. The zero-order chi connectivity index (χ0) is 14.5. The second-order valence-electron chi connectivity index (χ2n) is 4.51. The van der Waals surface area contributed by atoms with E-state index in [1.165, 1.54) is 5.56 Å². The van der Waals surface area contributed by atoms with Gasteiger partial charge in [0.25, 0.3) is 0 Å². The number of nitrogen functional groups attached to an aromatic ring is 1. The minimum absolute atomic E-state index is 0.122. The van der Waals surface area contributed by atoms with Crippen molar-refractivity contribution < 1.29 is 0 Å². The first-order valence-electron chi connectivity index (χ1n) is 6.57. The lowest BCUT2D eigenvalue weighted by Gasteiger charge is -2.18. The van der Waals surface area contributed by atoms with Crippen LogP contribution in [-0.4, -0.2) is 15.0 Å². The summed E-state index contributed by atoms with van der Waals surface area (Å²) in [5.41, 5.74) is 6.87. The van der Waals surface area contributed by atoms with E-state index in [0.717, 1.165) is 6.42 Å². The Morgan fingerprint density at radius 2 is 1.90 bits per heavy atom. The van der Waals surface area contributed by atoms with E-state index in [1.807, 2.05) is 18.2 Å². The summed E-state index contributed by atoms with van der Waals surface area (Å²) in [6.45, 7) is 3.90. The van der Waals surface area contributed by atoms with E-state index < -0.39 is 0 Å². The summed E-state index contributed by atoms with van der Waals surface area (Å²) in [7, 11) is 0. The van der Waals surface area contributed by atoms with Gasteiger partial charge >= 0.3 is 0 Å². The van der Waals surface area contributed by atoms with Gasteiger partial charge in [0.15, 0.2) is 5.82 Å². The molecule has 0 aliphatic carbocycles. The van der Waals surface area contributed by atoms with E-state index in [9.17, 15) is 0 Å². The Morgan fingerprint density at radius 3 is 2.50 bits per heavy atom. The quantitative estimate of drug-likeness (QED) is 0.826. The minimum Gasteiger partial charge on any atom is -0.368 e. The Kier molecular flexibility index (Phi) is 4.74. The number of nitrogens with two attached hydrogens (primary N) is 1. The first kappa shape index (κ1) is 14.5. The molecule has 0 saturated heterocycles. The van der Waals surface area contributed by atoms with Gasteiger partial charge in [-0.3, -0.25) is 0 Å². The van der Waals surface area contributed by atoms with Crippen molar-refractivity contribution in [3.05, 3.63) is 41.7 Å². The highest BCUT2D eigenvalue weighted by atomic mass is 35.5. The highest BCUT2D eigenvalue weighted by Crippen LogP contribution is 2.22. The summed E-state index contributed by atoms with van der Waals surface area (Å²) >= 11 is 6.00. The van der Waals surface area contributed by atoms with Crippen LogP contribution in [0.1, 0.15) is 43.1 Å². The molecule has 0 aliphatic rings. The van der Waals surface area contributed by atoms with Gasteiger partial charge in [-0.25, -0.2) is 0 Å². The van der Waals surface area contributed by atoms with Crippen LogP contribution in [0.5, 0.6) is 0 Å². The van der Waals surface area contributed by atoms with Gasteiger partial charge in [-0.05, 0) is 18.9 Å². The third-order valence-corrected chi connectivity index (χ3v) is 3.13. The zero-order valence-electron chi connectivity index (χ0n) is 11.5. The van der Waals surface area contributed by atoms with Gasteiger partial charge in [-0.2, -0.15) is 15.0 Å². The molecule has 2 unspecified atom stereocenters. The summed E-state index contributed by atoms with van der Waals surface area (Å²) in [4.78, 5) is 12.4. The topological polar surface area (TPSA) is 76.7 Å². The van der Waals surface area contributed by atoms with Crippen LogP contribution in [0.3, 0.4) is 0 Å². The molecular formula is C14H18ClN5. The third-order valence-electron chi connectivity index (χ3n) is 2.94. The fraction of sp³-hybridized carbons (Fsp3) is 0.357. The van der Waals surface area contributed by atoms with Crippen molar-refractivity contribution in [3.63, 3.8) is 0 Å². The van der Waals surface area contributed by atoms with E-state index in [1.54, 1.807) is 6.92 Å². The molecule has 0 aliphatic heterocycles.